The summed E-state index contributed by atoms with van der Waals surface area (Å²) in [7, 11) is -3.95. The van der Waals surface area contributed by atoms with Crippen molar-refractivity contribution in [2.24, 2.45) is 0 Å². The largest absolute Gasteiger partial charge is 0.299 e. The second kappa shape index (κ2) is 9.85. The zero-order valence-corrected chi connectivity index (χ0v) is 11.9. The first-order valence-corrected chi connectivity index (χ1v) is 8.22. The smallest absolute Gasteiger partial charge is 0.281 e. The van der Waals surface area contributed by atoms with E-state index in [4.69, 9.17) is 4.55 Å². The minimum atomic E-state index is -3.95. The Labute approximate surface area is 106 Å². The van der Waals surface area contributed by atoms with Gasteiger partial charge in [-0.15, -0.1) is 0 Å². The first kappa shape index (κ1) is 16.9. The van der Waals surface area contributed by atoms with Gasteiger partial charge in [-0.2, -0.15) is 8.42 Å². The van der Waals surface area contributed by atoms with E-state index in [1.807, 2.05) is 0 Å². The molecule has 0 fully saturated rings. The standard InChI is InChI=1S/C12H27NO3S/c1-3-5-7-8-9-10-12(17(14,15)16)13-11-6-4-2/h12-13H,3-11H2,1-2H3,(H,14,15,16). The highest BCUT2D eigenvalue weighted by atomic mass is 32.2. The molecule has 1 unspecified atom stereocenters. The SMILES string of the molecule is CCCCCCCC(NCCCC)S(=O)(=O)O. The molecule has 1 atom stereocenters. The van der Waals surface area contributed by atoms with Crippen LogP contribution in [0.25, 0.3) is 0 Å². The highest BCUT2D eigenvalue weighted by Gasteiger charge is 2.21. The highest BCUT2D eigenvalue weighted by molar-refractivity contribution is 7.86. The number of rotatable bonds is 11. The monoisotopic (exact) mass is 265 g/mol. The average molecular weight is 265 g/mol. The maximum atomic E-state index is 11.1. The summed E-state index contributed by atoms with van der Waals surface area (Å²) < 4.78 is 31.4. The molecular weight excluding hydrogens is 238 g/mol. The molecule has 0 saturated heterocycles. The summed E-state index contributed by atoms with van der Waals surface area (Å²) in [6.45, 7) is 4.85. The highest BCUT2D eigenvalue weighted by Crippen LogP contribution is 2.10. The molecule has 0 aromatic carbocycles. The molecular formula is C12H27NO3S. The summed E-state index contributed by atoms with van der Waals surface area (Å²) >= 11 is 0. The van der Waals surface area contributed by atoms with Crippen LogP contribution in [0.3, 0.4) is 0 Å². The van der Waals surface area contributed by atoms with Gasteiger partial charge < -0.3 is 0 Å². The molecule has 0 saturated carbocycles. The molecule has 0 aromatic heterocycles. The summed E-state index contributed by atoms with van der Waals surface area (Å²) in [4.78, 5) is 0. The van der Waals surface area contributed by atoms with E-state index in [0.29, 0.717) is 13.0 Å². The summed E-state index contributed by atoms with van der Waals surface area (Å²) in [5, 5.41) is 2.13. The number of nitrogens with one attached hydrogen (secondary N) is 1. The Morgan fingerprint density at radius 1 is 1.00 bits per heavy atom. The maximum Gasteiger partial charge on any atom is 0.281 e. The minimum Gasteiger partial charge on any atom is -0.299 e. The van der Waals surface area contributed by atoms with Crippen LogP contribution in [0.15, 0.2) is 0 Å². The van der Waals surface area contributed by atoms with E-state index in [9.17, 15) is 8.42 Å². The van der Waals surface area contributed by atoms with E-state index >= 15 is 0 Å². The number of hydrogen-bond acceptors (Lipinski definition) is 3. The fourth-order valence-corrected chi connectivity index (χ4v) is 2.52. The normalized spacial score (nSPS) is 13.8. The van der Waals surface area contributed by atoms with Gasteiger partial charge in [0.1, 0.15) is 5.37 Å². The van der Waals surface area contributed by atoms with Gasteiger partial charge in [0.05, 0.1) is 0 Å². The van der Waals surface area contributed by atoms with Crippen LogP contribution in [0.2, 0.25) is 0 Å². The number of hydrogen-bond donors (Lipinski definition) is 2. The third-order valence-corrected chi connectivity index (χ3v) is 3.95. The lowest BCUT2D eigenvalue weighted by Gasteiger charge is -2.15. The van der Waals surface area contributed by atoms with E-state index in [2.05, 4.69) is 19.2 Å². The lowest BCUT2D eigenvalue weighted by molar-refractivity contribution is 0.432. The van der Waals surface area contributed by atoms with Crippen LogP contribution in [0, 0.1) is 0 Å². The van der Waals surface area contributed by atoms with Gasteiger partial charge in [0, 0.05) is 0 Å². The molecule has 0 aliphatic rings. The minimum absolute atomic E-state index is 0.506. The van der Waals surface area contributed by atoms with Gasteiger partial charge in [-0.1, -0.05) is 52.4 Å². The Bertz CT molecular complexity index is 265. The van der Waals surface area contributed by atoms with Gasteiger partial charge in [0.2, 0.25) is 0 Å². The molecule has 0 aromatic rings. The average Bonchev–Trinajstić information content (AvgIpc) is 2.25. The Balaban J connectivity index is 3.87. The molecule has 0 radical (unpaired) electrons. The van der Waals surface area contributed by atoms with Crippen LogP contribution >= 0.6 is 0 Å². The van der Waals surface area contributed by atoms with Crippen LogP contribution in [0.5, 0.6) is 0 Å². The van der Waals surface area contributed by atoms with E-state index in [0.717, 1.165) is 32.1 Å². The Morgan fingerprint density at radius 2 is 1.59 bits per heavy atom. The van der Waals surface area contributed by atoms with E-state index in [1.54, 1.807) is 0 Å². The van der Waals surface area contributed by atoms with Gasteiger partial charge in [-0.3, -0.25) is 9.87 Å². The third-order valence-electron chi connectivity index (χ3n) is 2.83. The second-order valence-corrected chi connectivity index (χ2v) is 6.11. The summed E-state index contributed by atoms with van der Waals surface area (Å²) in [6.07, 6.45) is 7.86. The predicted molar refractivity (Wildman–Crippen MR) is 71.6 cm³/mol. The molecule has 104 valence electrons. The fourth-order valence-electron chi connectivity index (χ4n) is 1.73. The zero-order chi connectivity index (χ0) is 13.1. The molecule has 0 aliphatic heterocycles. The van der Waals surface area contributed by atoms with E-state index in [1.165, 1.54) is 12.8 Å². The van der Waals surface area contributed by atoms with Crippen LogP contribution in [0.4, 0.5) is 0 Å². The van der Waals surface area contributed by atoms with Crippen molar-refractivity contribution in [1.82, 2.24) is 5.32 Å². The quantitative estimate of drug-likeness (QED) is 0.445. The molecule has 2 N–H and O–H groups in total. The lowest BCUT2D eigenvalue weighted by atomic mass is 10.1. The summed E-state index contributed by atoms with van der Waals surface area (Å²) in [5.74, 6) is 0. The van der Waals surface area contributed by atoms with Gasteiger partial charge in [-0.05, 0) is 19.4 Å². The van der Waals surface area contributed by atoms with Crippen LogP contribution in [-0.4, -0.2) is 24.9 Å². The van der Waals surface area contributed by atoms with Crippen LogP contribution < -0.4 is 5.32 Å². The fraction of sp³-hybridized carbons (Fsp3) is 1.00. The topological polar surface area (TPSA) is 66.4 Å². The second-order valence-electron chi connectivity index (χ2n) is 4.51. The van der Waals surface area contributed by atoms with Gasteiger partial charge in [0.25, 0.3) is 10.1 Å². The molecule has 0 heterocycles. The van der Waals surface area contributed by atoms with Crippen molar-refractivity contribution in [1.29, 1.82) is 0 Å². The Hall–Kier alpha value is -0.130. The van der Waals surface area contributed by atoms with Crippen molar-refractivity contribution in [2.75, 3.05) is 6.54 Å². The molecule has 0 amide bonds. The molecule has 17 heavy (non-hydrogen) atoms. The Kier molecular flexibility index (Phi) is 9.78. The van der Waals surface area contributed by atoms with Gasteiger partial charge >= 0.3 is 0 Å². The summed E-state index contributed by atoms with van der Waals surface area (Å²) in [6, 6.07) is 0. The van der Waals surface area contributed by atoms with Crippen molar-refractivity contribution in [2.45, 2.75) is 70.6 Å². The van der Waals surface area contributed by atoms with Crippen LogP contribution in [-0.2, 0) is 10.1 Å². The molecule has 5 heteroatoms. The van der Waals surface area contributed by atoms with E-state index < -0.39 is 15.5 Å². The van der Waals surface area contributed by atoms with Gasteiger partial charge in [0.15, 0.2) is 0 Å². The zero-order valence-electron chi connectivity index (χ0n) is 11.1. The Morgan fingerprint density at radius 3 is 2.12 bits per heavy atom. The summed E-state index contributed by atoms with van der Waals surface area (Å²) in [5.41, 5.74) is 0. The molecule has 0 spiro atoms. The van der Waals surface area contributed by atoms with Crippen molar-refractivity contribution >= 4 is 10.1 Å². The van der Waals surface area contributed by atoms with Crippen molar-refractivity contribution < 1.29 is 13.0 Å². The molecule has 0 rings (SSSR count). The first-order chi connectivity index (χ1) is 8.02. The van der Waals surface area contributed by atoms with Crippen molar-refractivity contribution in [3.8, 4) is 0 Å². The van der Waals surface area contributed by atoms with Gasteiger partial charge in [-0.25, -0.2) is 0 Å². The predicted octanol–water partition coefficient (Wildman–Crippen LogP) is 2.95. The van der Waals surface area contributed by atoms with E-state index in [-0.39, 0.29) is 0 Å². The maximum absolute atomic E-state index is 11.1. The van der Waals surface area contributed by atoms with Crippen molar-refractivity contribution in [3.05, 3.63) is 0 Å². The van der Waals surface area contributed by atoms with Crippen molar-refractivity contribution in [3.63, 3.8) is 0 Å². The molecule has 0 bridgehead atoms. The third kappa shape index (κ3) is 9.56. The first-order valence-electron chi connectivity index (χ1n) is 6.72. The molecule has 4 nitrogen and oxygen atoms in total. The van der Waals surface area contributed by atoms with Crippen LogP contribution in [0.1, 0.15) is 65.2 Å². The lowest BCUT2D eigenvalue weighted by Crippen LogP contribution is -2.36. The molecule has 0 aliphatic carbocycles. The number of unbranched alkanes of at least 4 members (excludes halogenated alkanes) is 5.